The molecule has 3 heterocycles. The molecule has 0 fully saturated rings. The van der Waals surface area contributed by atoms with Crippen LogP contribution in [0.25, 0.3) is 0 Å². The van der Waals surface area contributed by atoms with Gasteiger partial charge in [-0.15, -0.1) is 0 Å². The number of aliphatic imine (C=N–C) groups is 1. The fourth-order valence-electron chi connectivity index (χ4n) is 3.28. The number of carbonyl (C=O) groups excluding carboxylic acids is 2. The predicted molar refractivity (Wildman–Crippen MR) is 106 cm³/mol. The molecule has 0 unspecified atom stereocenters. The summed E-state index contributed by atoms with van der Waals surface area (Å²) in [5, 5.41) is 3.26. The molecule has 148 valence electrons. The SMILES string of the molecule is COc1c(OCC(N)=O)ccc2c1NC(=CC(=O)c1cccnc1)N1CCN=C21. The molecule has 9 heteroatoms. The Labute approximate surface area is 166 Å². The first kappa shape index (κ1) is 18.5. The van der Waals surface area contributed by atoms with Gasteiger partial charge in [-0.25, -0.2) is 0 Å². The van der Waals surface area contributed by atoms with Crippen LogP contribution in [0.15, 0.2) is 53.5 Å². The zero-order chi connectivity index (χ0) is 20.4. The lowest BCUT2D eigenvalue weighted by molar-refractivity contribution is -0.119. The van der Waals surface area contributed by atoms with Crippen LogP contribution in [0.2, 0.25) is 0 Å². The number of fused-ring (bicyclic) bond motifs is 3. The summed E-state index contributed by atoms with van der Waals surface area (Å²) in [7, 11) is 1.50. The summed E-state index contributed by atoms with van der Waals surface area (Å²) in [6.07, 6.45) is 4.64. The van der Waals surface area contributed by atoms with Crippen LogP contribution >= 0.6 is 0 Å². The van der Waals surface area contributed by atoms with Gasteiger partial charge in [0.15, 0.2) is 23.9 Å². The van der Waals surface area contributed by atoms with Gasteiger partial charge < -0.3 is 25.4 Å². The fraction of sp³-hybridized carbons (Fsp3) is 0.200. The van der Waals surface area contributed by atoms with Gasteiger partial charge in [0.25, 0.3) is 5.91 Å². The Hall–Kier alpha value is -3.88. The maximum Gasteiger partial charge on any atom is 0.255 e. The number of methoxy groups -OCH3 is 1. The smallest absolute Gasteiger partial charge is 0.255 e. The van der Waals surface area contributed by atoms with E-state index in [2.05, 4.69) is 15.3 Å². The van der Waals surface area contributed by atoms with E-state index in [1.807, 2.05) is 11.0 Å². The molecule has 0 bridgehead atoms. The number of benzene rings is 1. The molecule has 0 aliphatic carbocycles. The normalized spacial score (nSPS) is 15.8. The van der Waals surface area contributed by atoms with Gasteiger partial charge in [-0.05, 0) is 24.3 Å². The summed E-state index contributed by atoms with van der Waals surface area (Å²) in [6, 6.07) is 6.96. The van der Waals surface area contributed by atoms with E-state index < -0.39 is 5.91 Å². The van der Waals surface area contributed by atoms with Gasteiger partial charge in [-0.2, -0.15) is 0 Å². The number of primary amides is 1. The molecule has 1 aromatic carbocycles. The van der Waals surface area contributed by atoms with Gasteiger partial charge in [0.2, 0.25) is 0 Å². The molecular weight excluding hydrogens is 374 g/mol. The molecule has 0 atom stereocenters. The van der Waals surface area contributed by atoms with E-state index in [0.29, 0.717) is 41.7 Å². The van der Waals surface area contributed by atoms with Gasteiger partial charge in [-0.1, -0.05) is 0 Å². The molecule has 1 aromatic heterocycles. The second-order valence-corrected chi connectivity index (χ2v) is 6.39. The van der Waals surface area contributed by atoms with Gasteiger partial charge >= 0.3 is 0 Å². The Morgan fingerprint density at radius 1 is 1.34 bits per heavy atom. The molecule has 29 heavy (non-hydrogen) atoms. The average molecular weight is 393 g/mol. The summed E-state index contributed by atoms with van der Waals surface area (Å²) in [4.78, 5) is 34.3. The monoisotopic (exact) mass is 393 g/mol. The number of carbonyl (C=O) groups is 2. The van der Waals surface area contributed by atoms with Gasteiger partial charge in [0.1, 0.15) is 11.7 Å². The fourth-order valence-corrected chi connectivity index (χ4v) is 3.28. The third kappa shape index (κ3) is 3.49. The number of ether oxygens (including phenoxy) is 2. The lowest BCUT2D eigenvalue weighted by Gasteiger charge is -2.32. The number of nitrogens with zero attached hydrogens (tertiary/aromatic N) is 3. The van der Waals surface area contributed by atoms with Crippen molar-refractivity contribution in [1.82, 2.24) is 9.88 Å². The molecule has 2 aliphatic heterocycles. The highest BCUT2D eigenvalue weighted by atomic mass is 16.5. The lowest BCUT2D eigenvalue weighted by atomic mass is 10.1. The van der Waals surface area contributed by atoms with E-state index in [0.717, 1.165) is 11.4 Å². The van der Waals surface area contributed by atoms with Crippen molar-refractivity contribution in [3.05, 3.63) is 59.7 Å². The van der Waals surface area contributed by atoms with Gasteiger partial charge in [0.05, 0.1) is 19.3 Å². The molecule has 3 N–H and O–H groups in total. The van der Waals surface area contributed by atoms with Crippen LogP contribution in [-0.4, -0.2) is 54.2 Å². The number of amides is 1. The quantitative estimate of drug-likeness (QED) is 0.558. The highest BCUT2D eigenvalue weighted by Crippen LogP contribution is 2.42. The number of pyridine rings is 1. The first-order valence-corrected chi connectivity index (χ1v) is 8.96. The Morgan fingerprint density at radius 2 is 2.21 bits per heavy atom. The largest absolute Gasteiger partial charge is 0.491 e. The maximum atomic E-state index is 12.7. The van der Waals surface area contributed by atoms with E-state index in [1.165, 1.54) is 19.4 Å². The summed E-state index contributed by atoms with van der Waals surface area (Å²) < 4.78 is 11.0. The Balaban J connectivity index is 1.74. The molecule has 0 spiro atoms. The highest BCUT2D eigenvalue weighted by Gasteiger charge is 2.33. The second-order valence-electron chi connectivity index (χ2n) is 6.39. The first-order valence-electron chi connectivity index (χ1n) is 8.96. The van der Waals surface area contributed by atoms with Crippen molar-refractivity contribution in [3.63, 3.8) is 0 Å². The first-order chi connectivity index (χ1) is 14.1. The molecule has 0 saturated carbocycles. The van der Waals surface area contributed by atoms with Crippen LogP contribution in [0.5, 0.6) is 11.5 Å². The number of aromatic nitrogens is 1. The number of hydrogen-bond donors (Lipinski definition) is 2. The molecule has 0 saturated heterocycles. The van der Waals surface area contributed by atoms with E-state index in [-0.39, 0.29) is 12.4 Å². The highest BCUT2D eigenvalue weighted by molar-refractivity contribution is 6.11. The number of amidine groups is 1. The van der Waals surface area contributed by atoms with Crippen LogP contribution in [0.3, 0.4) is 0 Å². The molecule has 2 aromatic rings. The average Bonchev–Trinajstić information content (AvgIpc) is 3.23. The molecule has 1 amide bonds. The van der Waals surface area contributed by atoms with Gasteiger partial charge in [0, 0.05) is 36.1 Å². The second kappa shape index (κ2) is 7.63. The Kier molecular flexibility index (Phi) is 4.86. The van der Waals surface area contributed by atoms with Crippen molar-refractivity contribution in [3.8, 4) is 11.5 Å². The number of ketones is 1. The van der Waals surface area contributed by atoms with Crippen LogP contribution in [0, 0.1) is 0 Å². The van der Waals surface area contributed by atoms with E-state index in [1.54, 1.807) is 24.4 Å². The van der Waals surface area contributed by atoms with E-state index in [9.17, 15) is 9.59 Å². The minimum absolute atomic E-state index is 0.185. The van der Waals surface area contributed by atoms with Crippen molar-refractivity contribution in [1.29, 1.82) is 0 Å². The van der Waals surface area contributed by atoms with E-state index in [4.69, 9.17) is 15.2 Å². The van der Waals surface area contributed by atoms with Crippen LogP contribution in [0.1, 0.15) is 15.9 Å². The number of anilines is 1. The standard InChI is InChI=1S/C20H19N5O4/c1-28-19-15(29-11-16(21)27)5-4-13-18(19)24-17(25-8-7-23-20(13)25)9-14(26)12-3-2-6-22-10-12/h2-6,9-10,24H,7-8,11H2,1H3,(H2,21,27). The predicted octanol–water partition coefficient (Wildman–Crippen LogP) is 1.17. The Morgan fingerprint density at radius 3 is 2.93 bits per heavy atom. The number of nitrogens with one attached hydrogen (secondary N) is 1. The van der Waals surface area contributed by atoms with Crippen LogP contribution < -0.4 is 20.5 Å². The van der Waals surface area contributed by atoms with E-state index >= 15 is 0 Å². The third-order valence-corrected chi connectivity index (χ3v) is 4.54. The van der Waals surface area contributed by atoms with Crippen molar-refractivity contribution >= 4 is 23.2 Å². The minimum atomic E-state index is -0.591. The number of allylic oxidation sites excluding steroid dienone is 1. The lowest BCUT2D eigenvalue weighted by Crippen LogP contribution is -2.36. The van der Waals surface area contributed by atoms with Gasteiger partial charge in [-0.3, -0.25) is 19.6 Å². The summed E-state index contributed by atoms with van der Waals surface area (Å²) in [5.74, 6) is 1.30. The number of nitrogens with two attached hydrogens (primary N) is 1. The van der Waals surface area contributed by atoms with Crippen LogP contribution in [-0.2, 0) is 4.79 Å². The summed E-state index contributed by atoms with van der Waals surface area (Å²) >= 11 is 0. The molecule has 9 nitrogen and oxygen atoms in total. The molecule has 2 aliphatic rings. The minimum Gasteiger partial charge on any atom is -0.491 e. The zero-order valence-electron chi connectivity index (χ0n) is 15.7. The zero-order valence-corrected chi connectivity index (χ0v) is 15.7. The van der Waals surface area contributed by atoms with Crippen molar-refractivity contribution < 1.29 is 19.1 Å². The topological polar surface area (TPSA) is 119 Å². The maximum absolute atomic E-state index is 12.7. The third-order valence-electron chi connectivity index (χ3n) is 4.54. The molecule has 4 rings (SSSR count). The number of rotatable bonds is 6. The Bertz CT molecular complexity index is 1030. The summed E-state index contributed by atoms with van der Waals surface area (Å²) in [6.45, 7) is 0.984. The number of hydrogen-bond acceptors (Lipinski definition) is 8. The molecular formula is C20H19N5O4. The van der Waals surface area contributed by atoms with Crippen molar-refractivity contribution in [2.45, 2.75) is 0 Å². The van der Waals surface area contributed by atoms with Crippen molar-refractivity contribution in [2.75, 3.05) is 32.1 Å². The van der Waals surface area contributed by atoms with Crippen LogP contribution in [0.4, 0.5) is 5.69 Å². The summed E-state index contributed by atoms with van der Waals surface area (Å²) in [5.41, 5.74) is 7.08. The molecule has 0 radical (unpaired) electrons. The van der Waals surface area contributed by atoms with Crippen molar-refractivity contribution in [2.24, 2.45) is 10.7 Å².